The molecule has 0 radical (unpaired) electrons. The molecule has 2 unspecified atom stereocenters. The molecule has 1 aromatic rings. The van der Waals surface area contributed by atoms with E-state index in [1.54, 1.807) is 0 Å². The summed E-state index contributed by atoms with van der Waals surface area (Å²) >= 11 is 0. The lowest BCUT2D eigenvalue weighted by Crippen LogP contribution is -2.02. The third-order valence-corrected chi connectivity index (χ3v) is 2.80. The van der Waals surface area contributed by atoms with Gasteiger partial charge in [0.1, 0.15) is 0 Å². The summed E-state index contributed by atoms with van der Waals surface area (Å²) in [5.41, 5.74) is 0. The number of aromatic carboxylic acids is 1. The third-order valence-electron chi connectivity index (χ3n) is 2.80. The minimum absolute atomic E-state index is 0.246. The van der Waals surface area contributed by atoms with Gasteiger partial charge in [-0.3, -0.25) is 0 Å². The monoisotopic (exact) mass is 196 g/mol. The lowest BCUT2D eigenvalue weighted by molar-refractivity contribution is 0.0650. The van der Waals surface area contributed by atoms with Crippen molar-refractivity contribution in [1.82, 2.24) is 10.2 Å². The van der Waals surface area contributed by atoms with Crippen LogP contribution >= 0.6 is 0 Å². The Bertz CT molecular complexity index is 348. The van der Waals surface area contributed by atoms with Gasteiger partial charge in [-0.25, -0.2) is 4.79 Å². The first-order chi connectivity index (χ1) is 6.68. The summed E-state index contributed by atoms with van der Waals surface area (Å²) in [6, 6.07) is 0. The predicted octanol–water partition coefficient (Wildman–Crippen LogP) is 1.67. The van der Waals surface area contributed by atoms with Crippen molar-refractivity contribution in [3.05, 3.63) is 11.8 Å². The van der Waals surface area contributed by atoms with E-state index in [2.05, 4.69) is 17.1 Å². The van der Waals surface area contributed by atoms with Gasteiger partial charge >= 0.3 is 11.9 Å². The molecular formula is C9H12N2O3. The van der Waals surface area contributed by atoms with E-state index in [9.17, 15) is 4.79 Å². The normalized spacial score (nSPS) is 26.6. The van der Waals surface area contributed by atoms with E-state index in [0.29, 0.717) is 11.8 Å². The van der Waals surface area contributed by atoms with Gasteiger partial charge in [-0.05, 0) is 18.8 Å². The second kappa shape index (κ2) is 3.40. The Balaban J connectivity index is 2.20. The van der Waals surface area contributed by atoms with E-state index in [0.717, 1.165) is 19.3 Å². The molecule has 76 valence electrons. The molecular weight excluding hydrogens is 184 g/mol. The Kier molecular flexibility index (Phi) is 2.23. The molecule has 5 heteroatoms. The molecule has 14 heavy (non-hydrogen) atoms. The Hall–Kier alpha value is -1.39. The van der Waals surface area contributed by atoms with Gasteiger partial charge in [0.25, 0.3) is 0 Å². The largest absolute Gasteiger partial charge is 0.474 e. The summed E-state index contributed by atoms with van der Waals surface area (Å²) in [6.45, 7) is 2.13. The molecule has 0 aliphatic heterocycles. The molecule has 0 amide bonds. The molecule has 1 aromatic heterocycles. The van der Waals surface area contributed by atoms with Crippen LogP contribution in [0.25, 0.3) is 0 Å². The minimum Gasteiger partial charge on any atom is -0.474 e. The second-order valence-corrected chi connectivity index (χ2v) is 3.77. The molecule has 0 spiro atoms. The highest BCUT2D eigenvalue weighted by Crippen LogP contribution is 2.38. The molecule has 0 saturated heterocycles. The fourth-order valence-corrected chi connectivity index (χ4v) is 1.98. The SMILES string of the molecule is CC1CCCC1c1nnc(C(=O)O)o1. The third kappa shape index (κ3) is 1.49. The first-order valence-electron chi connectivity index (χ1n) is 4.75. The average Bonchev–Trinajstić information content (AvgIpc) is 2.71. The fourth-order valence-electron chi connectivity index (χ4n) is 1.98. The maximum Gasteiger partial charge on any atom is 0.393 e. The number of nitrogens with zero attached hydrogens (tertiary/aromatic N) is 2. The number of rotatable bonds is 2. The summed E-state index contributed by atoms with van der Waals surface area (Å²) in [5.74, 6) is -0.228. The van der Waals surface area contributed by atoms with Crippen molar-refractivity contribution in [1.29, 1.82) is 0 Å². The number of carboxylic acids is 1. The first kappa shape index (κ1) is 9.18. The van der Waals surface area contributed by atoms with Gasteiger partial charge in [-0.2, -0.15) is 0 Å². The van der Waals surface area contributed by atoms with Crippen molar-refractivity contribution in [2.45, 2.75) is 32.1 Å². The van der Waals surface area contributed by atoms with Gasteiger partial charge in [-0.1, -0.05) is 13.3 Å². The number of hydrogen-bond donors (Lipinski definition) is 1. The van der Waals surface area contributed by atoms with Crippen molar-refractivity contribution in [3.63, 3.8) is 0 Å². The quantitative estimate of drug-likeness (QED) is 0.778. The minimum atomic E-state index is -1.16. The van der Waals surface area contributed by atoms with Crippen LogP contribution < -0.4 is 0 Å². The van der Waals surface area contributed by atoms with Crippen LogP contribution in [0.1, 0.15) is 48.7 Å². The van der Waals surface area contributed by atoms with Gasteiger partial charge in [0.15, 0.2) is 0 Å². The predicted molar refractivity (Wildman–Crippen MR) is 47.0 cm³/mol. The van der Waals surface area contributed by atoms with Crippen LogP contribution in [-0.4, -0.2) is 21.3 Å². The number of aromatic nitrogens is 2. The lowest BCUT2D eigenvalue weighted by Gasteiger charge is -2.08. The Morgan fingerprint density at radius 1 is 1.50 bits per heavy atom. The van der Waals surface area contributed by atoms with E-state index in [1.807, 2.05) is 0 Å². The van der Waals surface area contributed by atoms with E-state index in [-0.39, 0.29) is 11.8 Å². The lowest BCUT2D eigenvalue weighted by atomic mass is 9.98. The molecule has 1 N–H and O–H groups in total. The van der Waals surface area contributed by atoms with E-state index < -0.39 is 5.97 Å². The zero-order chi connectivity index (χ0) is 10.1. The number of carboxylic acid groups (broad SMARTS) is 1. The number of hydrogen-bond acceptors (Lipinski definition) is 4. The van der Waals surface area contributed by atoms with Gasteiger partial charge in [0.05, 0.1) is 0 Å². The van der Waals surface area contributed by atoms with Crippen LogP contribution in [0.3, 0.4) is 0 Å². The van der Waals surface area contributed by atoms with Crippen LogP contribution in [0.2, 0.25) is 0 Å². The van der Waals surface area contributed by atoms with Gasteiger partial charge in [-0.15, -0.1) is 10.2 Å². The van der Waals surface area contributed by atoms with Crippen molar-refractivity contribution in [2.24, 2.45) is 5.92 Å². The molecule has 0 bridgehead atoms. The van der Waals surface area contributed by atoms with Crippen molar-refractivity contribution in [3.8, 4) is 0 Å². The molecule has 5 nitrogen and oxygen atoms in total. The van der Waals surface area contributed by atoms with Gasteiger partial charge in [0, 0.05) is 5.92 Å². The molecule has 2 atom stereocenters. The van der Waals surface area contributed by atoms with Crippen LogP contribution in [0, 0.1) is 5.92 Å². The molecule has 0 aromatic carbocycles. The van der Waals surface area contributed by atoms with Crippen LogP contribution in [0.4, 0.5) is 0 Å². The standard InChI is InChI=1S/C9H12N2O3/c1-5-3-2-4-6(5)7-10-11-8(14-7)9(12)13/h5-6H,2-4H2,1H3,(H,12,13). The second-order valence-electron chi connectivity index (χ2n) is 3.77. The summed E-state index contributed by atoms with van der Waals surface area (Å²) in [5, 5.41) is 15.9. The molecule has 1 saturated carbocycles. The molecule has 1 fully saturated rings. The fraction of sp³-hybridized carbons (Fsp3) is 0.667. The van der Waals surface area contributed by atoms with E-state index in [4.69, 9.17) is 9.52 Å². The van der Waals surface area contributed by atoms with Crippen molar-refractivity contribution < 1.29 is 14.3 Å². The summed E-state index contributed by atoms with van der Waals surface area (Å²) in [4.78, 5) is 10.5. The zero-order valence-electron chi connectivity index (χ0n) is 7.93. The van der Waals surface area contributed by atoms with Crippen LogP contribution in [0.5, 0.6) is 0 Å². The van der Waals surface area contributed by atoms with Gasteiger partial charge in [0.2, 0.25) is 5.89 Å². The smallest absolute Gasteiger partial charge is 0.393 e. The highest BCUT2D eigenvalue weighted by Gasteiger charge is 2.30. The van der Waals surface area contributed by atoms with Crippen molar-refractivity contribution in [2.75, 3.05) is 0 Å². The topological polar surface area (TPSA) is 76.2 Å². The highest BCUT2D eigenvalue weighted by molar-refractivity contribution is 5.81. The Morgan fingerprint density at radius 2 is 2.29 bits per heavy atom. The highest BCUT2D eigenvalue weighted by atomic mass is 16.4. The average molecular weight is 196 g/mol. The van der Waals surface area contributed by atoms with Crippen LogP contribution in [-0.2, 0) is 0 Å². The van der Waals surface area contributed by atoms with E-state index >= 15 is 0 Å². The van der Waals surface area contributed by atoms with Crippen molar-refractivity contribution >= 4 is 5.97 Å². The maximum absolute atomic E-state index is 10.5. The molecule has 2 rings (SSSR count). The molecule has 1 aliphatic carbocycles. The Labute approximate surface area is 81.1 Å². The summed E-state index contributed by atoms with van der Waals surface area (Å²) in [7, 11) is 0. The number of carbonyl (C=O) groups is 1. The zero-order valence-corrected chi connectivity index (χ0v) is 7.93. The maximum atomic E-state index is 10.5. The summed E-state index contributed by atoms with van der Waals surface area (Å²) in [6.07, 6.45) is 3.31. The summed E-state index contributed by atoms with van der Waals surface area (Å²) < 4.78 is 5.08. The van der Waals surface area contributed by atoms with Gasteiger partial charge < -0.3 is 9.52 Å². The molecule has 1 heterocycles. The first-order valence-corrected chi connectivity index (χ1v) is 4.75. The van der Waals surface area contributed by atoms with Crippen LogP contribution in [0.15, 0.2) is 4.42 Å². The Morgan fingerprint density at radius 3 is 2.79 bits per heavy atom. The van der Waals surface area contributed by atoms with E-state index in [1.165, 1.54) is 0 Å². The molecule has 1 aliphatic rings.